The van der Waals surface area contributed by atoms with Gasteiger partial charge in [0.25, 0.3) is 0 Å². The van der Waals surface area contributed by atoms with Crippen molar-refractivity contribution in [1.29, 1.82) is 0 Å². The van der Waals surface area contributed by atoms with Crippen molar-refractivity contribution in [3.63, 3.8) is 0 Å². The second-order valence-corrected chi connectivity index (χ2v) is 5.69. The predicted molar refractivity (Wildman–Crippen MR) is 73.3 cm³/mol. The highest BCUT2D eigenvalue weighted by atomic mass is 16.2. The molecule has 0 bridgehead atoms. The summed E-state index contributed by atoms with van der Waals surface area (Å²) in [4.78, 5) is 16.9. The van der Waals surface area contributed by atoms with Crippen molar-refractivity contribution >= 4 is 5.91 Å². The fourth-order valence-electron chi connectivity index (χ4n) is 3.32. The molecule has 2 N–H and O–H groups in total. The van der Waals surface area contributed by atoms with Crippen LogP contribution in [-0.4, -0.2) is 54.0 Å². The summed E-state index contributed by atoms with van der Waals surface area (Å²) in [6, 6.07) is 0.426. The van der Waals surface area contributed by atoms with E-state index in [-0.39, 0.29) is 6.04 Å². The van der Waals surface area contributed by atoms with Gasteiger partial charge in [0.15, 0.2) is 0 Å². The molecule has 2 rings (SSSR count). The molecule has 0 aromatic heterocycles. The van der Waals surface area contributed by atoms with Crippen LogP contribution in [-0.2, 0) is 4.79 Å². The van der Waals surface area contributed by atoms with Gasteiger partial charge < -0.3 is 10.6 Å². The maximum Gasteiger partial charge on any atom is 0.239 e. The Kier molecular flexibility index (Phi) is 5.01. The lowest BCUT2D eigenvalue weighted by molar-refractivity contribution is -0.136. The molecular formula is C14H27N3O. The van der Waals surface area contributed by atoms with Crippen LogP contribution in [0.3, 0.4) is 0 Å². The number of hydrogen-bond acceptors (Lipinski definition) is 3. The topological polar surface area (TPSA) is 49.6 Å². The largest absolute Gasteiger partial charge is 0.341 e. The van der Waals surface area contributed by atoms with E-state index in [4.69, 9.17) is 5.73 Å². The molecule has 18 heavy (non-hydrogen) atoms. The second-order valence-electron chi connectivity index (χ2n) is 5.69. The van der Waals surface area contributed by atoms with E-state index >= 15 is 0 Å². The van der Waals surface area contributed by atoms with Crippen molar-refractivity contribution in [2.45, 2.75) is 57.5 Å². The van der Waals surface area contributed by atoms with Crippen molar-refractivity contribution in [2.75, 3.05) is 26.2 Å². The standard InChI is InChI=1S/C14H27N3O/c1-12(17-10-6-7-13(17)11-15)14(18)16-8-4-2-3-5-9-16/h12-13H,2-11,15H2,1H3. The average molecular weight is 253 g/mol. The van der Waals surface area contributed by atoms with Crippen molar-refractivity contribution in [3.8, 4) is 0 Å². The molecule has 104 valence electrons. The van der Waals surface area contributed by atoms with Gasteiger partial charge in [-0.1, -0.05) is 12.8 Å². The minimum atomic E-state index is 0.0131. The van der Waals surface area contributed by atoms with E-state index in [1.165, 1.54) is 32.1 Å². The molecule has 2 aliphatic rings. The first-order valence-electron chi connectivity index (χ1n) is 7.48. The first kappa shape index (κ1) is 13.8. The third-order valence-corrected chi connectivity index (χ3v) is 4.47. The maximum absolute atomic E-state index is 12.5. The summed E-state index contributed by atoms with van der Waals surface area (Å²) in [6.07, 6.45) is 7.20. The van der Waals surface area contributed by atoms with Crippen molar-refractivity contribution in [3.05, 3.63) is 0 Å². The van der Waals surface area contributed by atoms with E-state index in [0.717, 1.165) is 26.1 Å². The number of carbonyl (C=O) groups excluding carboxylic acids is 1. The SMILES string of the molecule is CC(C(=O)N1CCCCCC1)N1CCCC1CN. The first-order valence-corrected chi connectivity index (χ1v) is 7.48. The zero-order valence-electron chi connectivity index (χ0n) is 11.6. The van der Waals surface area contributed by atoms with E-state index in [9.17, 15) is 4.79 Å². The Balaban J connectivity index is 1.94. The number of amides is 1. The van der Waals surface area contributed by atoms with Gasteiger partial charge in [-0.05, 0) is 39.2 Å². The number of nitrogens with two attached hydrogens (primary N) is 1. The zero-order valence-corrected chi connectivity index (χ0v) is 11.6. The Hall–Kier alpha value is -0.610. The van der Waals surface area contributed by atoms with Gasteiger partial charge in [-0.15, -0.1) is 0 Å². The highest BCUT2D eigenvalue weighted by Gasteiger charge is 2.33. The number of likely N-dealkylation sites (tertiary alicyclic amines) is 2. The van der Waals surface area contributed by atoms with Crippen LogP contribution in [0.1, 0.15) is 45.4 Å². The fraction of sp³-hybridized carbons (Fsp3) is 0.929. The average Bonchev–Trinajstić information content (AvgIpc) is 2.70. The van der Waals surface area contributed by atoms with Gasteiger partial charge in [0.05, 0.1) is 6.04 Å². The van der Waals surface area contributed by atoms with Crippen LogP contribution in [0.15, 0.2) is 0 Å². The highest BCUT2D eigenvalue weighted by molar-refractivity contribution is 5.81. The van der Waals surface area contributed by atoms with Gasteiger partial charge in [-0.2, -0.15) is 0 Å². The van der Waals surface area contributed by atoms with Crippen molar-refractivity contribution in [1.82, 2.24) is 9.80 Å². The minimum absolute atomic E-state index is 0.0131. The molecular weight excluding hydrogens is 226 g/mol. The Morgan fingerprint density at radius 1 is 1.17 bits per heavy atom. The van der Waals surface area contributed by atoms with Crippen LogP contribution in [0, 0.1) is 0 Å². The summed E-state index contributed by atoms with van der Waals surface area (Å²) in [5.41, 5.74) is 5.80. The Morgan fingerprint density at radius 2 is 1.83 bits per heavy atom. The molecule has 0 aromatic carbocycles. The predicted octanol–water partition coefficient (Wildman–Crippen LogP) is 1.20. The van der Waals surface area contributed by atoms with Gasteiger partial charge in [0.2, 0.25) is 5.91 Å². The van der Waals surface area contributed by atoms with Crippen LogP contribution >= 0.6 is 0 Å². The van der Waals surface area contributed by atoms with E-state index in [0.29, 0.717) is 18.5 Å². The zero-order chi connectivity index (χ0) is 13.0. The summed E-state index contributed by atoms with van der Waals surface area (Å²) in [7, 11) is 0. The second kappa shape index (κ2) is 6.53. The lowest BCUT2D eigenvalue weighted by Gasteiger charge is -2.33. The van der Waals surface area contributed by atoms with Crippen LogP contribution in [0.4, 0.5) is 0 Å². The summed E-state index contributed by atoms with van der Waals surface area (Å²) in [5, 5.41) is 0. The van der Waals surface area contributed by atoms with Crippen LogP contribution in [0.2, 0.25) is 0 Å². The van der Waals surface area contributed by atoms with E-state index in [1.807, 2.05) is 0 Å². The van der Waals surface area contributed by atoms with Crippen molar-refractivity contribution in [2.24, 2.45) is 5.73 Å². The summed E-state index contributed by atoms with van der Waals surface area (Å²) >= 11 is 0. The lowest BCUT2D eigenvalue weighted by Crippen LogP contribution is -2.50. The molecule has 4 heteroatoms. The molecule has 0 aromatic rings. The molecule has 0 radical (unpaired) electrons. The minimum Gasteiger partial charge on any atom is -0.341 e. The van der Waals surface area contributed by atoms with Gasteiger partial charge in [0, 0.05) is 25.7 Å². The van der Waals surface area contributed by atoms with Gasteiger partial charge in [0.1, 0.15) is 0 Å². The van der Waals surface area contributed by atoms with E-state index in [2.05, 4.69) is 16.7 Å². The molecule has 0 aliphatic carbocycles. The number of nitrogens with zero attached hydrogens (tertiary/aromatic N) is 2. The lowest BCUT2D eigenvalue weighted by atomic mass is 10.1. The van der Waals surface area contributed by atoms with Gasteiger partial charge in [-0.3, -0.25) is 9.69 Å². The number of hydrogen-bond donors (Lipinski definition) is 1. The monoisotopic (exact) mass is 253 g/mol. The summed E-state index contributed by atoms with van der Waals surface area (Å²) in [5.74, 6) is 0.317. The summed E-state index contributed by atoms with van der Waals surface area (Å²) in [6.45, 7) is 5.66. The molecule has 2 heterocycles. The van der Waals surface area contributed by atoms with Crippen LogP contribution in [0.5, 0.6) is 0 Å². The quantitative estimate of drug-likeness (QED) is 0.822. The molecule has 0 saturated carbocycles. The van der Waals surface area contributed by atoms with E-state index in [1.54, 1.807) is 0 Å². The van der Waals surface area contributed by atoms with Gasteiger partial charge >= 0.3 is 0 Å². The molecule has 2 unspecified atom stereocenters. The van der Waals surface area contributed by atoms with Crippen LogP contribution < -0.4 is 5.73 Å². The molecule has 1 amide bonds. The van der Waals surface area contributed by atoms with E-state index < -0.39 is 0 Å². The van der Waals surface area contributed by atoms with Crippen LogP contribution in [0.25, 0.3) is 0 Å². The summed E-state index contributed by atoms with van der Waals surface area (Å²) < 4.78 is 0. The first-order chi connectivity index (χ1) is 8.74. The third-order valence-electron chi connectivity index (χ3n) is 4.47. The molecule has 4 nitrogen and oxygen atoms in total. The maximum atomic E-state index is 12.5. The Labute approximate surface area is 110 Å². The molecule has 0 spiro atoms. The Bertz CT molecular complexity index is 274. The molecule has 2 saturated heterocycles. The fourth-order valence-corrected chi connectivity index (χ4v) is 3.32. The number of carbonyl (C=O) groups is 1. The third kappa shape index (κ3) is 3.04. The highest BCUT2D eigenvalue weighted by Crippen LogP contribution is 2.21. The molecule has 2 fully saturated rings. The smallest absolute Gasteiger partial charge is 0.239 e. The number of rotatable bonds is 3. The van der Waals surface area contributed by atoms with Crippen molar-refractivity contribution < 1.29 is 4.79 Å². The normalized spacial score (nSPS) is 28.1. The van der Waals surface area contributed by atoms with Gasteiger partial charge in [-0.25, -0.2) is 0 Å². The Morgan fingerprint density at radius 3 is 2.44 bits per heavy atom. The molecule has 2 atom stereocenters. The molecule has 2 aliphatic heterocycles.